The first-order valence-corrected chi connectivity index (χ1v) is 11.8. The molecule has 0 aliphatic carbocycles. The first kappa shape index (κ1) is 21.7. The number of rotatable bonds is 4. The van der Waals surface area contributed by atoms with Crippen LogP contribution in [-0.2, 0) is 0 Å². The number of aryl methyl sites for hydroxylation is 2. The number of hydrogen-bond acceptors (Lipinski definition) is 9. The third-order valence-corrected chi connectivity index (χ3v) is 6.89. The number of aromatic nitrogens is 5. The van der Waals surface area contributed by atoms with Crippen LogP contribution in [0.3, 0.4) is 0 Å². The van der Waals surface area contributed by atoms with Gasteiger partial charge in [0, 0.05) is 32.2 Å². The maximum Gasteiger partial charge on any atom is 0.277 e. The lowest BCUT2D eigenvalue weighted by atomic mass is 10.2. The van der Waals surface area contributed by atoms with Gasteiger partial charge < -0.3 is 15.1 Å². The molecule has 0 spiro atoms. The number of piperazine rings is 1. The number of benzene rings is 1. The first-order valence-electron chi connectivity index (χ1n) is 10.6. The van der Waals surface area contributed by atoms with Crippen LogP contribution in [0.5, 0.6) is 0 Å². The van der Waals surface area contributed by atoms with Crippen LogP contribution in [0.25, 0.3) is 16.0 Å². The number of anilines is 3. The van der Waals surface area contributed by atoms with Crippen LogP contribution in [0, 0.1) is 13.8 Å². The van der Waals surface area contributed by atoms with Crippen LogP contribution in [0.15, 0.2) is 35.4 Å². The second kappa shape index (κ2) is 8.69. The van der Waals surface area contributed by atoms with E-state index in [2.05, 4.69) is 42.1 Å². The molecule has 1 saturated heterocycles. The molecule has 0 atom stereocenters. The second-order valence-corrected chi connectivity index (χ2v) is 9.48. The Bertz CT molecular complexity index is 1370. The average molecular weight is 483 g/mol. The molecule has 0 amide bonds. The smallest absolute Gasteiger partial charge is 0.277 e. The number of fused-ring (bicyclic) bond motifs is 1. The predicted molar refractivity (Wildman–Crippen MR) is 133 cm³/mol. The number of likely N-dealkylation sites (N-methyl/N-ethyl adjacent to an activating group) is 1. The molecule has 5 rings (SSSR count). The summed E-state index contributed by atoms with van der Waals surface area (Å²) in [7, 11) is 2.12. The van der Waals surface area contributed by atoms with Crippen molar-refractivity contribution in [1.29, 1.82) is 0 Å². The van der Waals surface area contributed by atoms with Crippen molar-refractivity contribution in [2.24, 2.45) is 0 Å². The quantitative estimate of drug-likeness (QED) is 0.473. The van der Waals surface area contributed by atoms with E-state index < -0.39 is 0 Å². The molecule has 0 unspecified atom stereocenters. The Balaban J connectivity index is 1.47. The highest BCUT2D eigenvalue weighted by Gasteiger charge is 2.18. The Morgan fingerprint density at radius 3 is 2.64 bits per heavy atom. The van der Waals surface area contributed by atoms with Crippen molar-refractivity contribution in [3.63, 3.8) is 0 Å². The van der Waals surface area contributed by atoms with Crippen molar-refractivity contribution in [1.82, 2.24) is 29.4 Å². The van der Waals surface area contributed by atoms with Gasteiger partial charge in [0.25, 0.3) is 5.56 Å². The SMILES string of the molecule is Cc1nc(Nc2nc3ncn(-c4c(C)cccc4Cl)c(=O)c3s2)cc(N2CCN(C)CC2)n1. The fourth-order valence-electron chi connectivity index (χ4n) is 3.88. The van der Waals surface area contributed by atoms with Crippen LogP contribution in [0.1, 0.15) is 11.4 Å². The van der Waals surface area contributed by atoms with Crippen LogP contribution in [0.2, 0.25) is 5.02 Å². The van der Waals surface area contributed by atoms with Crippen LogP contribution < -0.4 is 15.8 Å². The Labute approximate surface area is 199 Å². The fraction of sp³-hybridized carbons (Fsp3) is 0.318. The number of hydrogen-bond donors (Lipinski definition) is 1. The second-order valence-electron chi connectivity index (χ2n) is 8.07. The molecule has 4 heterocycles. The Hall–Kier alpha value is -3.08. The summed E-state index contributed by atoms with van der Waals surface area (Å²) in [6.45, 7) is 7.60. The molecule has 1 N–H and O–H groups in total. The number of thiazole rings is 1. The lowest BCUT2D eigenvalue weighted by Crippen LogP contribution is -2.44. The summed E-state index contributed by atoms with van der Waals surface area (Å²) < 4.78 is 1.92. The Morgan fingerprint density at radius 2 is 1.88 bits per heavy atom. The average Bonchev–Trinajstić information content (AvgIpc) is 3.18. The molecule has 9 nitrogen and oxygen atoms in total. The number of nitrogens with one attached hydrogen (secondary N) is 1. The summed E-state index contributed by atoms with van der Waals surface area (Å²) in [5.41, 5.74) is 1.70. The minimum atomic E-state index is -0.209. The van der Waals surface area contributed by atoms with Gasteiger partial charge in [0.05, 0.1) is 10.7 Å². The van der Waals surface area contributed by atoms with Crippen LogP contribution in [0.4, 0.5) is 16.8 Å². The third-order valence-electron chi connectivity index (χ3n) is 5.63. The molecule has 33 heavy (non-hydrogen) atoms. The van der Waals surface area contributed by atoms with Crippen molar-refractivity contribution in [3.8, 4) is 5.69 Å². The fourth-order valence-corrected chi connectivity index (χ4v) is 5.05. The normalized spacial score (nSPS) is 14.7. The van der Waals surface area contributed by atoms with Gasteiger partial charge in [-0.1, -0.05) is 35.1 Å². The van der Waals surface area contributed by atoms with Crippen molar-refractivity contribution < 1.29 is 0 Å². The minimum Gasteiger partial charge on any atom is -0.354 e. The maximum atomic E-state index is 13.2. The van der Waals surface area contributed by atoms with E-state index in [0.29, 0.717) is 37.8 Å². The van der Waals surface area contributed by atoms with Crippen LogP contribution >= 0.6 is 22.9 Å². The highest BCUT2D eigenvalue weighted by Crippen LogP contribution is 2.28. The number of nitrogens with zero attached hydrogens (tertiary/aromatic N) is 7. The largest absolute Gasteiger partial charge is 0.354 e. The van der Waals surface area contributed by atoms with Gasteiger partial charge in [0.15, 0.2) is 10.8 Å². The van der Waals surface area contributed by atoms with E-state index in [0.717, 1.165) is 37.6 Å². The van der Waals surface area contributed by atoms with Crippen molar-refractivity contribution in [3.05, 3.63) is 57.4 Å². The molecule has 1 aliphatic heterocycles. The van der Waals surface area contributed by atoms with Gasteiger partial charge in [0.2, 0.25) is 0 Å². The summed E-state index contributed by atoms with van der Waals surface area (Å²) in [6, 6.07) is 7.44. The molecule has 1 aliphatic rings. The highest BCUT2D eigenvalue weighted by molar-refractivity contribution is 7.22. The Kier molecular flexibility index (Phi) is 5.73. The summed E-state index contributed by atoms with van der Waals surface area (Å²) in [5, 5.41) is 4.28. The molecule has 1 aromatic carbocycles. The van der Waals surface area contributed by atoms with E-state index in [1.807, 2.05) is 32.0 Å². The molecule has 0 saturated carbocycles. The van der Waals surface area contributed by atoms with E-state index in [9.17, 15) is 4.79 Å². The summed E-state index contributed by atoms with van der Waals surface area (Å²) in [5.74, 6) is 2.19. The lowest BCUT2D eigenvalue weighted by molar-refractivity contribution is 0.312. The summed E-state index contributed by atoms with van der Waals surface area (Å²) in [4.78, 5) is 35.8. The number of para-hydroxylation sites is 1. The van der Waals surface area contributed by atoms with E-state index in [4.69, 9.17) is 11.6 Å². The molecular weight excluding hydrogens is 460 g/mol. The van der Waals surface area contributed by atoms with Gasteiger partial charge in [-0.15, -0.1) is 0 Å². The third kappa shape index (κ3) is 4.29. The lowest BCUT2D eigenvalue weighted by Gasteiger charge is -2.33. The standard InChI is InChI=1S/C22H23ClN8OS/c1-13-5-4-6-15(23)18(13)31-12-24-20-19(21(31)32)33-22(28-20)27-16-11-17(26-14(2)25-16)30-9-7-29(3)8-10-30/h4-6,11-12H,7-10H2,1-3H3,(H,25,26,27,28). The zero-order valence-electron chi connectivity index (χ0n) is 18.5. The molecule has 11 heteroatoms. The van der Waals surface area contributed by atoms with Gasteiger partial charge >= 0.3 is 0 Å². The van der Waals surface area contributed by atoms with Crippen LogP contribution in [-0.4, -0.2) is 62.6 Å². The van der Waals surface area contributed by atoms with Crippen molar-refractivity contribution >= 4 is 50.1 Å². The van der Waals surface area contributed by atoms with E-state index >= 15 is 0 Å². The molecular formula is C22H23ClN8OS. The predicted octanol–water partition coefficient (Wildman–Crippen LogP) is 3.40. The van der Waals surface area contributed by atoms with Crippen molar-refractivity contribution in [2.45, 2.75) is 13.8 Å². The summed E-state index contributed by atoms with van der Waals surface area (Å²) >= 11 is 7.61. The van der Waals surface area contributed by atoms with E-state index in [-0.39, 0.29) is 5.56 Å². The summed E-state index contributed by atoms with van der Waals surface area (Å²) in [6.07, 6.45) is 1.47. The zero-order valence-corrected chi connectivity index (χ0v) is 20.1. The van der Waals surface area contributed by atoms with Gasteiger partial charge in [-0.3, -0.25) is 9.36 Å². The zero-order chi connectivity index (χ0) is 23.1. The van der Waals surface area contributed by atoms with Gasteiger partial charge in [-0.05, 0) is 32.5 Å². The van der Waals surface area contributed by atoms with Gasteiger partial charge in [-0.25, -0.2) is 15.0 Å². The topological polar surface area (TPSA) is 92.1 Å². The first-order chi connectivity index (χ1) is 15.9. The molecule has 0 bridgehead atoms. The number of halogens is 1. The maximum absolute atomic E-state index is 13.2. The van der Waals surface area contributed by atoms with Gasteiger partial charge in [0.1, 0.15) is 28.5 Å². The molecule has 4 aromatic rings. The molecule has 170 valence electrons. The highest BCUT2D eigenvalue weighted by atomic mass is 35.5. The van der Waals surface area contributed by atoms with Gasteiger partial charge in [-0.2, -0.15) is 4.98 Å². The van der Waals surface area contributed by atoms with E-state index in [1.54, 1.807) is 6.07 Å². The molecule has 0 radical (unpaired) electrons. The van der Waals surface area contributed by atoms with Crippen molar-refractivity contribution in [2.75, 3.05) is 43.4 Å². The molecule has 3 aromatic heterocycles. The minimum absolute atomic E-state index is 0.209. The monoisotopic (exact) mass is 482 g/mol. The molecule has 1 fully saturated rings. The Morgan fingerprint density at radius 1 is 1.09 bits per heavy atom. The van der Waals surface area contributed by atoms with E-state index in [1.165, 1.54) is 22.2 Å².